The second-order valence-corrected chi connectivity index (χ2v) is 10.5. The molecule has 4 rings (SSSR count). The van der Waals surface area contributed by atoms with Crippen molar-refractivity contribution >= 4 is 22.7 Å². The van der Waals surface area contributed by atoms with Crippen molar-refractivity contribution in [3.63, 3.8) is 0 Å². The van der Waals surface area contributed by atoms with Crippen LogP contribution in [0.2, 0.25) is 0 Å². The number of nitrogens with zero attached hydrogens (tertiary/aromatic N) is 2. The maximum atomic E-state index is 13.0. The molecule has 6 nitrogen and oxygen atoms in total. The molecule has 2 N–H and O–H groups in total. The number of fused-ring (bicyclic) bond motifs is 3. The average Bonchev–Trinajstić information content (AvgIpc) is 3.12. The van der Waals surface area contributed by atoms with Crippen LogP contribution in [-0.2, 0) is 11.8 Å². The minimum absolute atomic E-state index is 0.0132. The highest BCUT2D eigenvalue weighted by atomic mass is 16.2. The van der Waals surface area contributed by atoms with Gasteiger partial charge in [0.2, 0.25) is 5.91 Å². The van der Waals surface area contributed by atoms with Crippen LogP contribution >= 0.6 is 0 Å². The predicted molar refractivity (Wildman–Crippen MR) is 124 cm³/mol. The SMILES string of the molecule is Cc1cccc2c1c(C(=O)NCC1CC3CCC(C1)N3CC(=O)NC(C)(C)C)cn2C. The molecule has 2 aromatic rings. The van der Waals surface area contributed by atoms with Gasteiger partial charge in [-0.1, -0.05) is 12.1 Å². The molecule has 0 saturated carbocycles. The van der Waals surface area contributed by atoms with Crippen LogP contribution in [0, 0.1) is 12.8 Å². The summed E-state index contributed by atoms with van der Waals surface area (Å²) in [5, 5.41) is 7.34. The van der Waals surface area contributed by atoms with E-state index in [2.05, 4.69) is 34.6 Å². The Morgan fingerprint density at radius 2 is 1.81 bits per heavy atom. The summed E-state index contributed by atoms with van der Waals surface area (Å²) in [4.78, 5) is 27.8. The van der Waals surface area contributed by atoms with Crippen molar-refractivity contribution < 1.29 is 9.59 Å². The van der Waals surface area contributed by atoms with Crippen LogP contribution in [0.5, 0.6) is 0 Å². The standard InChI is InChI=1S/C25H36N4O2/c1-16-7-6-8-21-23(16)20(14-28(21)5)24(31)26-13-17-11-18-9-10-19(12-17)29(18)15-22(30)27-25(2,3)4/h6-8,14,17-19H,9-13,15H2,1-5H3,(H,26,31)(H,27,30). The van der Waals surface area contributed by atoms with Crippen LogP contribution < -0.4 is 10.6 Å². The molecule has 2 saturated heterocycles. The number of nitrogens with one attached hydrogen (secondary N) is 2. The van der Waals surface area contributed by atoms with Gasteiger partial charge in [-0.2, -0.15) is 0 Å². The van der Waals surface area contributed by atoms with Crippen LogP contribution in [0.15, 0.2) is 24.4 Å². The third kappa shape index (κ3) is 4.64. The molecule has 168 valence electrons. The first-order valence-electron chi connectivity index (χ1n) is 11.5. The highest BCUT2D eigenvalue weighted by Crippen LogP contribution is 2.38. The molecule has 6 heteroatoms. The number of aryl methyl sites for hydroxylation is 2. The fraction of sp³-hybridized carbons (Fsp3) is 0.600. The van der Waals surface area contributed by atoms with Gasteiger partial charge < -0.3 is 15.2 Å². The van der Waals surface area contributed by atoms with Crippen LogP contribution in [-0.4, -0.2) is 52.0 Å². The third-order valence-corrected chi connectivity index (χ3v) is 6.84. The first-order valence-corrected chi connectivity index (χ1v) is 11.5. The Bertz CT molecular complexity index is 973. The summed E-state index contributed by atoms with van der Waals surface area (Å²) >= 11 is 0. The fourth-order valence-corrected chi connectivity index (χ4v) is 5.56. The summed E-state index contributed by atoms with van der Waals surface area (Å²) in [5.74, 6) is 0.598. The number of carbonyl (C=O) groups excluding carboxylic acids is 2. The third-order valence-electron chi connectivity index (χ3n) is 6.84. The van der Waals surface area contributed by atoms with E-state index in [1.165, 1.54) is 0 Å². The van der Waals surface area contributed by atoms with E-state index in [9.17, 15) is 9.59 Å². The second kappa shape index (κ2) is 8.30. The second-order valence-electron chi connectivity index (χ2n) is 10.5. The van der Waals surface area contributed by atoms with Crippen molar-refractivity contribution in [2.75, 3.05) is 13.1 Å². The lowest BCUT2D eigenvalue weighted by molar-refractivity contribution is -0.125. The minimum Gasteiger partial charge on any atom is -0.352 e. The van der Waals surface area contributed by atoms with Crippen molar-refractivity contribution in [2.24, 2.45) is 13.0 Å². The Labute approximate surface area is 185 Å². The number of carbonyl (C=O) groups is 2. The molecule has 2 bridgehead atoms. The summed E-state index contributed by atoms with van der Waals surface area (Å²) in [6, 6.07) is 7.05. The topological polar surface area (TPSA) is 66.4 Å². The lowest BCUT2D eigenvalue weighted by Gasteiger charge is -2.39. The molecule has 2 unspecified atom stereocenters. The van der Waals surface area contributed by atoms with Gasteiger partial charge in [0.15, 0.2) is 0 Å². The first kappa shape index (κ1) is 21.9. The molecule has 31 heavy (non-hydrogen) atoms. The molecule has 0 spiro atoms. The molecule has 0 radical (unpaired) electrons. The zero-order valence-corrected chi connectivity index (χ0v) is 19.5. The zero-order chi connectivity index (χ0) is 22.3. The Hall–Kier alpha value is -2.34. The van der Waals surface area contributed by atoms with E-state index in [4.69, 9.17) is 0 Å². The smallest absolute Gasteiger partial charge is 0.253 e. The van der Waals surface area contributed by atoms with Gasteiger partial charge in [0.05, 0.1) is 12.1 Å². The van der Waals surface area contributed by atoms with E-state index >= 15 is 0 Å². The molecule has 2 aliphatic heterocycles. The number of amides is 2. The van der Waals surface area contributed by atoms with E-state index in [0.29, 0.717) is 31.1 Å². The van der Waals surface area contributed by atoms with E-state index in [0.717, 1.165) is 47.7 Å². The van der Waals surface area contributed by atoms with Crippen LogP contribution in [0.25, 0.3) is 10.9 Å². The molecule has 0 aliphatic carbocycles. The van der Waals surface area contributed by atoms with Gasteiger partial charge in [-0.15, -0.1) is 0 Å². The molecular weight excluding hydrogens is 388 g/mol. The molecular formula is C25H36N4O2. The lowest BCUT2D eigenvalue weighted by Crippen LogP contribution is -2.52. The molecule has 1 aromatic heterocycles. The first-order chi connectivity index (χ1) is 14.6. The Morgan fingerprint density at radius 1 is 1.13 bits per heavy atom. The maximum Gasteiger partial charge on any atom is 0.253 e. The Kier molecular flexibility index (Phi) is 5.86. The van der Waals surface area contributed by atoms with Crippen LogP contribution in [0.4, 0.5) is 0 Å². The fourth-order valence-electron chi connectivity index (χ4n) is 5.56. The number of benzene rings is 1. The molecule has 3 heterocycles. The zero-order valence-electron chi connectivity index (χ0n) is 19.5. The molecule has 1 aromatic carbocycles. The van der Waals surface area contributed by atoms with E-state index in [1.54, 1.807) is 0 Å². The summed E-state index contributed by atoms with van der Waals surface area (Å²) < 4.78 is 2.03. The minimum atomic E-state index is -0.196. The number of rotatable bonds is 5. The quantitative estimate of drug-likeness (QED) is 0.773. The molecule has 2 amide bonds. The lowest BCUT2D eigenvalue weighted by atomic mass is 9.90. The van der Waals surface area contributed by atoms with Crippen molar-refractivity contribution in [2.45, 2.75) is 71.0 Å². The van der Waals surface area contributed by atoms with Gasteiger partial charge in [0.1, 0.15) is 0 Å². The normalized spacial score (nSPS) is 23.8. The summed E-state index contributed by atoms with van der Waals surface area (Å²) in [6.07, 6.45) is 6.34. The van der Waals surface area contributed by atoms with Gasteiger partial charge in [-0.3, -0.25) is 14.5 Å². The molecule has 2 aliphatic rings. The van der Waals surface area contributed by atoms with Gasteiger partial charge in [0.25, 0.3) is 5.91 Å². The van der Waals surface area contributed by atoms with E-state index in [1.807, 2.05) is 44.6 Å². The van der Waals surface area contributed by atoms with Crippen molar-refractivity contribution in [1.82, 2.24) is 20.1 Å². The van der Waals surface area contributed by atoms with Gasteiger partial charge in [0, 0.05) is 48.3 Å². The number of hydrogen-bond acceptors (Lipinski definition) is 3. The largest absolute Gasteiger partial charge is 0.352 e. The Balaban J connectivity index is 1.35. The monoisotopic (exact) mass is 424 g/mol. The van der Waals surface area contributed by atoms with Gasteiger partial charge >= 0.3 is 0 Å². The van der Waals surface area contributed by atoms with E-state index in [-0.39, 0.29) is 17.4 Å². The maximum absolute atomic E-state index is 13.0. The average molecular weight is 425 g/mol. The van der Waals surface area contributed by atoms with Gasteiger partial charge in [-0.25, -0.2) is 0 Å². The summed E-state index contributed by atoms with van der Waals surface area (Å²) in [7, 11) is 1.99. The van der Waals surface area contributed by atoms with Crippen molar-refractivity contribution in [1.29, 1.82) is 0 Å². The number of piperidine rings is 1. The predicted octanol–water partition coefficient (Wildman–Crippen LogP) is 3.37. The highest BCUT2D eigenvalue weighted by Gasteiger charge is 2.41. The van der Waals surface area contributed by atoms with Gasteiger partial charge in [-0.05, 0) is 70.9 Å². The number of aromatic nitrogens is 1. The molecule has 2 fully saturated rings. The van der Waals surface area contributed by atoms with Crippen molar-refractivity contribution in [3.05, 3.63) is 35.5 Å². The van der Waals surface area contributed by atoms with Crippen LogP contribution in [0.3, 0.4) is 0 Å². The highest BCUT2D eigenvalue weighted by molar-refractivity contribution is 6.08. The van der Waals surface area contributed by atoms with Crippen LogP contribution in [0.1, 0.15) is 62.4 Å². The summed E-state index contributed by atoms with van der Waals surface area (Å²) in [6.45, 7) is 9.31. The molecule has 2 atom stereocenters. The Morgan fingerprint density at radius 3 is 2.45 bits per heavy atom. The summed E-state index contributed by atoms with van der Waals surface area (Å²) in [5.41, 5.74) is 2.78. The van der Waals surface area contributed by atoms with E-state index < -0.39 is 0 Å². The van der Waals surface area contributed by atoms with Crippen molar-refractivity contribution in [3.8, 4) is 0 Å². The number of hydrogen-bond donors (Lipinski definition) is 2.